The van der Waals surface area contributed by atoms with Crippen molar-refractivity contribution in [3.8, 4) is 0 Å². The average molecular weight is 397 g/mol. The van der Waals surface area contributed by atoms with Crippen LogP contribution in [0.3, 0.4) is 0 Å². The van der Waals surface area contributed by atoms with Crippen molar-refractivity contribution in [2.75, 3.05) is 6.54 Å². The molecule has 0 spiro atoms. The number of hydrogen-bond acceptors (Lipinski definition) is 1. The number of carbonyl (C=O) groups excluding carboxylic acids is 1. The summed E-state index contributed by atoms with van der Waals surface area (Å²) in [6.45, 7) is 3.60. The first-order chi connectivity index (χ1) is 14.7. The smallest absolute Gasteiger partial charge is 0.220 e. The molecule has 0 aliphatic rings. The van der Waals surface area contributed by atoms with Gasteiger partial charge >= 0.3 is 0 Å². The highest BCUT2D eigenvalue weighted by Gasteiger charge is 2.10. The molecule has 3 heteroatoms. The molecule has 4 rings (SSSR count). The van der Waals surface area contributed by atoms with Crippen LogP contribution < -0.4 is 5.32 Å². The number of hydrogen-bond donors (Lipinski definition) is 1. The highest BCUT2D eigenvalue weighted by molar-refractivity contribution is 5.85. The van der Waals surface area contributed by atoms with Crippen molar-refractivity contribution in [3.05, 3.63) is 107 Å². The largest absolute Gasteiger partial charge is 0.356 e. The maximum atomic E-state index is 12.4. The number of para-hydroxylation sites is 1. The molecule has 152 valence electrons. The predicted octanol–water partition coefficient (Wildman–Crippen LogP) is 5.29. The lowest BCUT2D eigenvalue weighted by atomic mass is 10.1. The summed E-state index contributed by atoms with van der Waals surface area (Å²) in [4.78, 5) is 12.4. The van der Waals surface area contributed by atoms with Gasteiger partial charge in [0.1, 0.15) is 0 Å². The van der Waals surface area contributed by atoms with Gasteiger partial charge in [0.05, 0.1) is 0 Å². The van der Waals surface area contributed by atoms with E-state index in [0.29, 0.717) is 13.0 Å². The molecule has 3 aromatic carbocycles. The number of nitrogens with one attached hydrogen (secondary N) is 1. The molecule has 1 amide bonds. The van der Waals surface area contributed by atoms with E-state index in [-0.39, 0.29) is 5.91 Å². The minimum absolute atomic E-state index is 0.113. The zero-order valence-corrected chi connectivity index (χ0v) is 17.5. The zero-order chi connectivity index (χ0) is 20.8. The molecule has 0 unspecified atom stereocenters. The van der Waals surface area contributed by atoms with Gasteiger partial charge in [-0.15, -0.1) is 0 Å². The maximum Gasteiger partial charge on any atom is 0.220 e. The number of carbonyl (C=O) groups is 1. The lowest BCUT2D eigenvalue weighted by Crippen LogP contribution is -2.25. The number of aryl methyl sites for hydroxylation is 2. The predicted molar refractivity (Wildman–Crippen MR) is 124 cm³/mol. The Hall–Kier alpha value is -3.33. The van der Waals surface area contributed by atoms with Gasteiger partial charge in [0, 0.05) is 36.6 Å². The van der Waals surface area contributed by atoms with Crippen LogP contribution in [-0.4, -0.2) is 17.0 Å². The van der Waals surface area contributed by atoms with Gasteiger partial charge in [0.15, 0.2) is 0 Å². The van der Waals surface area contributed by atoms with Crippen molar-refractivity contribution >= 4 is 16.8 Å². The first-order valence-corrected chi connectivity index (χ1v) is 10.6. The van der Waals surface area contributed by atoms with E-state index in [9.17, 15) is 4.79 Å². The van der Waals surface area contributed by atoms with Gasteiger partial charge in [0.25, 0.3) is 0 Å². The van der Waals surface area contributed by atoms with Gasteiger partial charge in [-0.2, -0.15) is 0 Å². The Morgan fingerprint density at radius 3 is 2.37 bits per heavy atom. The van der Waals surface area contributed by atoms with Gasteiger partial charge < -0.3 is 9.88 Å². The standard InChI is InChI=1S/C27H28N2O/c1-21-11-13-22(14-12-21)17-18-28-27(30)16-15-24-20-29(19-23-7-3-2-4-8-23)26-10-6-5-9-25(24)26/h2-14,20H,15-19H2,1H3,(H,28,30). The van der Waals surface area contributed by atoms with E-state index >= 15 is 0 Å². The second-order valence-corrected chi connectivity index (χ2v) is 7.87. The fraction of sp³-hybridized carbons (Fsp3) is 0.222. The Morgan fingerprint density at radius 2 is 1.57 bits per heavy atom. The van der Waals surface area contributed by atoms with Crippen LogP contribution >= 0.6 is 0 Å². The van der Waals surface area contributed by atoms with E-state index in [2.05, 4.69) is 95.8 Å². The molecular weight excluding hydrogens is 368 g/mol. The van der Waals surface area contributed by atoms with Crippen LogP contribution in [0.4, 0.5) is 0 Å². The Balaban J connectivity index is 1.36. The SMILES string of the molecule is Cc1ccc(CCNC(=O)CCc2cn(Cc3ccccc3)c3ccccc23)cc1. The summed E-state index contributed by atoms with van der Waals surface area (Å²) in [5, 5.41) is 4.30. The molecule has 0 aliphatic carbocycles. The summed E-state index contributed by atoms with van der Waals surface area (Å²) >= 11 is 0. The van der Waals surface area contributed by atoms with E-state index in [4.69, 9.17) is 0 Å². The third-order valence-corrected chi connectivity index (χ3v) is 5.54. The number of aromatic nitrogens is 1. The first-order valence-electron chi connectivity index (χ1n) is 10.6. The lowest BCUT2D eigenvalue weighted by Gasteiger charge is -2.06. The van der Waals surface area contributed by atoms with E-state index < -0.39 is 0 Å². The van der Waals surface area contributed by atoms with Gasteiger partial charge in [-0.05, 0) is 42.5 Å². The lowest BCUT2D eigenvalue weighted by molar-refractivity contribution is -0.121. The number of amides is 1. The van der Waals surface area contributed by atoms with Crippen LogP contribution in [0.5, 0.6) is 0 Å². The molecule has 0 saturated carbocycles. The monoisotopic (exact) mass is 396 g/mol. The molecule has 0 atom stereocenters. The van der Waals surface area contributed by atoms with Gasteiger partial charge in [-0.25, -0.2) is 0 Å². The third kappa shape index (κ3) is 4.98. The molecule has 0 saturated heterocycles. The van der Waals surface area contributed by atoms with Crippen LogP contribution in [0.1, 0.15) is 28.7 Å². The summed E-state index contributed by atoms with van der Waals surface area (Å²) in [6, 6.07) is 27.4. The van der Waals surface area contributed by atoms with Crippen LogP contribution in [0.25, 0.3) is 10.9 Å². The number of rotatable bonds is 8. The van der Waals surface area contributed by atoms with Crippen molar-refractivity contribution < 1.29 is 4.79 Å². The molecule has 3 nitrogen and oxygen atoms in total. The topological polar surface area (TPSA) is 34.0 Å². The minimum Gasteiger partial charge on any atom is -0.356 e. The maximum absolute atomic E-state index is 12.4. The van der Waals surface area contributed by atoms with E-state index in [1.807, 2.05) is 6.07 Å². The van der Waals surface area contributed by atoms with Crippen LogP contribution in [0, 0.1) is 6.92 Å². The fourth-order valence-electron chi connectivity index (χ4n) is 3.87. The van der Waals surface area contributed by atoms with Gasteiger partial charge in [-0.3, -0.25) is 4.79 Å². The van der Waals surface area contributed by atoms with Crippen molar-refractivity contribution in [2.45, 2.75) is 32.7 Å². The highest BCUT2D eigenvalue weighted by Crippen LogP contribution is 2.23. The Kier molecular flexibility index (Phi) is 6.29. The molecule has 0 aliphatic heterocycles. The third-order valence-electron chi connectivity index (χ3n) is 5.54. The quantitative estimate of drug-likeness (QED) is 0.431. The fourth-order valence-corrected chi connectivity index (χ4v) is 3.87. The normalized spacial score (nSPS) is 11.0. The van der Waals surface area contributed by atoms with E-state index in [0.717, 1.165) is 19.4 Å². The molecule has 1 N–H and O–H groups in total. The molecule has 0 fully saturated rings. The van der Waals surface area contributed by atoms with Gasteiger partial charge in [-0.1, -0.05) is 78.4 Å². The van der Waals surface area contributed by atoms with Crippen molar-refractivity contribution in [1.82, 2.24) is 9.88 Å². The molecule has 1 heterocycles. The summed E-state index contributed by atoms with van der Waals surface area (Å²) < 4.78 is 2.29. The zero-order valence-electron chi connectivity index (χ0n) is 17.5. The average Bonchev–Trinajstić information content (AvgIpc) is 3.12. The Labute approximate surface area is 178 Å². The van der Waals surface area contributed by atoms with Crippen LogP contribution in [0.15, 0.2) is 85.1 Å². The second kappa shape index (κ2) is 9.45. The number of fused-ring (bicyclic) bond motifs is 1. The summed E-state index contributed by atoms with van der Waals surface area (Å²) in [5.41, 5.74) is 6.24. The molecule has 30 heavy (non-hydrogen) atoms. The summed E-state index contributed by atoms with van der Waals surface area (Å²) in [7, 11) is 0. The highest BCUT2D eigenvalue weighted by atomic mass is 16.1. The molecule has 0 bridgehead atoms. The molecular formula is C27H28N2O. The Morgan fingerprint density at radius 1 is 0.833 bits per heavy atom. The number of nitrogens with zero attached hydrogens (tertiary/aromatic N) is 1. The van der Waals surface area contributed by atoms with Crippen molar-refractivity contribution in [3.63, 3.8) is 0 Å². The van der Waals surface area contributed by atoms with Crippen LogP contribution in [0.2, 0.25) is 0 Å². The molecule has 1 aromatic heterocycles. The van der Waals surface area contributed by atoms with Crippen LogP contribution in [-0.2, 0) is 24.2 Å². The molecule has 4 aromatic rings. The second-order valence-electron chi connectivity index (χ2n) is 7.87. The molecule has 0 radical (unpaired) electrons. The summed E-state index contributed by atoms with van der Waals surface area (Å²) in [5.74, 6) is 0.113. The summed E-state index contributed by atoms with van der Waals surface area (Å²) in [6.07, 6.45) is 4.32. The minimum atomic E-state index is 0.113. The number of benzene rings is 3. The van der Waals surface area contributed by atoms with Gasteiger partial charge in [0.2, 0.25) is 5.91 Å². The van der Waals surface area contributed by atoms with Crippen molar-refractivity contribution in [1.29, 1.82) is 0 Å². The van der Waals surface area contributed by atoms with Crippen molar-refractivity contribution in [2.24, 2.45) is 0 Å². The van der Waals surface area contributed by atoms with E-state index in [1.54, 1.807) is 0 Å². The van der Waals surface area contributed by atoms with E-state index in [1.165, 1.54) is 33.2 Å². The first kappa shape index (κ1) is 20.0. The Bertz CT molecular complexity index is 1110.